The van der Waals surface area contributed by atoms with E-state index in [2.05, 4.69) is 10.9 Å². The molecule has 2 amide bonds. The van der Waals surface area contributed by atoms with Gasteiger partial charge in [0.2, 0.25) is 5.91 Å². The fourth-order valence-electron chi connectivity index (χ4n) is 1.45. The van der Waals surface area contributed by atoms with Crippen LogP contribution >= 0.6 is 0 Å². The molecule has 0 unspecified atom stereocenters. The summed E-state index contributed by atoms with van der Waals surface area (Å²) in [5.41, 5.74) is 4.22. The molecular weight excluding hydrogens is 280 g/mol. The van der Waals surface area contributed by atoms with Crippen LogP contribution in [0.5, 0.6) is 11.5 Å². The van der Waals surface area contributed by atoms with E-state index in [0.29, 0.717) is 0 Å². The number of ether oxygens (including phenoxy) is 3. The van der Waals surface area contributed by atoms with Gasteiger partial charge in [0.25, 0.3) is 5.91 Å². The first kappa shape index (κ1) is 16.3. The summed E-state index contributed by atoms with van der Waals surface area (Å²) in [6.07, 6.45) is 0. The zero-order valence-corrected chi connectivity index (χ0v) is 11.9. The molecule has 0 aliphatic rings. The molecule has 1 rings (SSSR count). The molecule has 1 aromatic rings. The van der Waals surface area contributed by atoms with Crippen LogP contribution in [0.4, 0.5) is 0 Å². The molecule has 8 nitrogen and oxygen atoms in total. The lowest BCUT2D eigenvalue weighted by Crippen LogP contribution is -2.42. The standard InChI is InChI=1S/C13H16N2O6/c1-8(16)14-15-11(17)7-21-13(18)12-9(19-2)5-4-6-10(12)20-3/h4-6H,7H2,1-3H3,(H,14,16)(H,15,17). The zero-order chi connectivity index (χ0) is 15.8. The van der Waals surface area contributed by atoms with E-state index in [1.807, 2.05) is 0 Å². The second-order valence-corrected chi connectivity index (χ2v) is 3.84. The van der Waals surface area contributed by atoms with E-state index in [0.717, 1.165) is 0 Å². The summed E-state index contributed by atoms with van der Waals surface area (Å²) in [5.74, 6) is -1.36. The van der Waals surface area contributed by atoms with Gasteiger partial charge < -0.3 is 14.2 Å². The first-order valence-electron chi connectivity index (χ1n) is 5.93. The number of hydrogen-bond acceptors (Lipinski definition) is 6. The second kappa shape index (κ2) is 7.73. The molecule has 0 aliphatic carbocycles. The summed E-state index contributed by atoms with van der Waals surface area (Å²) in [5, 5.41) is 0. The SMILES string of the molecule is COc1cccc(OC)c1C(=O)OCC(=O)NNC(C)=O. The molecule has 0 heterocycles. The summed E-state index contributed by atoms with van der Waals surface area (Å²) in [4.78, 5) is 33.9. The molecule has 0 saturated heterocycles. The molecule has 1 aromatic carbocycles. The van der Waals surface area contributed by atoms with E-state index < -0.39 is 24.4 Å². The number of amides is 2. The van der Waals surface area contributed by atoms with Crippen LogP contribution in [0.1, 0.15) is 17.3 Å². The Bertz CT molecular complexity index is 521. The van der Waals surface area contributed by atoms with Gasteiger partial charge in [0, 0.05) is 6.92 Å². The minimum Gasteiger partial charge on any atom is -0.496 e. The van der Waals surface area contributed by atoms with Gasteiger partial charge in [0.05, 0.1) is 14.2 Å². The van der Waals surface area contributed by atoms with Crippen LogP contribution < -0.4 is 20.3 Å². The van der Waals surface area contributed by atoms with Gasteiger partial charge in [-0.2, -0.15) is 0 Å². The average molecular weight is 296 g/mol. The van der Waals surface area contributed by atoms with E-state index in [1.54, 1.807) is 18.2 Å². The van der Waals surface area contributed by atoms with Crippen molar-refractivity contribution < 1.29 is 28.6 Å². The van der Waals surface area contributed by atoms with E-state index in [4.69, 9.17) is 14.2 Å². The van der Waals surface area contributed by atoms with Crippen molar-refractivity contribution in [1.29, 1.82) is 0 Å². The van der Waals surface area contributed by atoms with E-state index in [-0.39, 0.29) is 17.1 Å². The van der Waals surface area contributed by atoms with Crippen LogP contribution in [-0.4, -0.2) is 38.6 Å². The Morgan fingerprint density at radius 2 is 1.62 bits per heavy atom. The highest BCUT2D eigenvalue weighted by molar-refractivity contribution is 5.96. The number of rotatable bonds is 5. The van der Waals surface area contributed by atoms with Crippen LogP contribution in [0, 0.1) is 0 Å². The lowest BCUT2D eigenvalue weighted by Gasteiger charge is -2.12. The van der Waals surface area contributed by atoms with E-state index >= 15 is 0 Å². The van der Waals surface area contributed by atoms with Crippen molar-refractivity contribution >= 4 is 17.8 Å². The maximum atomic E-state index is 12.0. The lowest BCUT2D eigenvalue weighted by atomic mass is 10.2. The Labute approximate surface area is 121 Å². The Balaban J connectivity index is 2.72. The van der Waals surface area contributed by atoms with Crippen LogP contribution in [0.2, 0.25) is 0 Å². The average Bonchev–Trinajstić information content (AvgIpc) is 2.49. The molecule has 0 saturated carbocycles. The predicted octanol–water partition coefficient (Wildman–Crippen LogP) is 0.0279. The van der Waals surface area contributed by atoms with Crippen molar-refractivity contribution in [3.63, 3.8) is 0 Å². The predicted molar refractivity (Wildman–Crippen MR) is 71.8 cm³/mol. The van der Waals surface area contributed by atoms with Crippen molar-refractivity contribution in [2.75, 3.05) is 20.8 Å². The highest BCUT2D eigenvalue weighted by Gasteiger charge is 2.20. The molecule has 0 aliphatic heterocycles. The summed E-state index contributed by atoms with van der Waals surface area (Å²) in [6, 6.07) is 4.78. The summed E-state index contributed by atoms with van der Waals surface area (Å²) < 4.78 is 15.0. The topological polar surface area (TPSA) is 103 Å². The first-order valence-corrected chi connectivity index (χ1v) is 5.93. The highest BCUT2D eigenvalue weighted by Crippen LogP contribution is 2.28. The molecule has 0 radical (unpaired) electrons. The number of carbonyl (C=O) groups excluding carboxylic acids is 3. The van der Waals surface area contributed by atoms with Crippen LogP contribution in [0.3, 0.4) is 0 Å². The third kappa shape index (κ3) is 4.68. The summed E-state index contributed by atoms with van der Waals surface area (Å²) in [6.45, 7) is 0.673. The maximum Gasteiger partial charge on any atom is 0.346 e. The Kier molecular flexibility index (Phi) is 5.99. The minimum atomic E-state index is -0.776. The molecule has 0 fully saturated rings. The van der Waals surface area contributed by atoms with Crippen molar-refractivity contribution in [2.24, 2.45) is 0 Å². The van der Waals surface area contributed by atoms with Gasteiger partial charge in [-0.05, 0) is 12.1 Å². The van der Waals surface area contributed by atoms with E-state index in [9.17, 15) is 14.4 Å². The monoisotopic (exact) mass is 296 g/mol. The van der Waals surface area contributed by atoms with Crippen molar-refractivity contribution in [1.82, 2.24) is 10.9 Å². The maximum absolute atomic E-state index is 12.0. The van der Waals surface area contributed by atoms with Gasteiger partial charge in [0.15, 0.2) is 6.61 Å². The van der Waals surface area contributed by atoms with Gasteiger partial charge >= 0.3 is 5.97 Å². The molecule has 114 valence electrons. The quantitative estimate of drug-likeness (QED) is 0.587. The second-order valence-electron chi connectivity index (χ2n) is 3.84. The molecule has 0 aromatic heterocycles. The molecule has 8 heteroatoms. The lowest BCUT2D eigenvalue weighted by molar-refractivity contribution is -0.129. The smallest absolute Gasteiger partial charge is 0.346 e. The first-order chi connectivity index (χ1) is 9.99. The third-order valence-electron chi connectivity index (χ3n) is 2.34. The normalized spacial score (nSPS) is 9.48. The third-order valence-corrected chi connectivity index (χ3v) is 2.34. The fourth-order valence-corrected chi connectivity index (χ4v) is 1.45. The van der Waals surface area contributed by atoms with Gasteiger partial charge in [-0.15, -0.1) is 0 Å². The van der Waals surface area contributed by atoms with Crippen LogP contribution in [0.25, 0.3) is 0 Å². The van der Waals surface area contributed by atoms with E-state index in [1.165, 1.54) is 21.1 Å². The van der Waals surface area contributed by atoms with Crippen molar-refractivity contribution in [2.45, 2.75) is 6.92 Å². The summed E-state index contributed by atoms with van der Waals surface area (Å²) >= 11 is 0. The number of hydrogen-bond donors (Lipinski definition) is 2. The van der Waals surface area contributed by atoms with Crippen molar-refractivity contribution in [3.05, 3.63) is 23.8 Å². The molecular formula is C13H16N2O6. The number of hydrazine groups is 1. The Hall–Kier alpha value is -2.77. The van der Waals surface area contributed by atoms with Gasteiger partial charge in [-0.1, -0.05) is 6.07 Å². The Morgan fingerprint density at radius 1 is 1.05 bits per heavy atom. The molecule has 2 N–H and O–H groups in total. The molecule has 21 heavy (non-hydrogen) atoms. The highest BCUT2D eigenvalue weighted by atomic mass is 16.5. The van der Waals surface area contributed by atoms with Gasteiger partial charge in [0.1, 0.15) is 17.1 Å². The zero-order valence-electron chi connectivity index (χ0n) is 11.9. The van der Waals surface area contributed by atoms with Gasteiger partial charge in [-0.3, -0.25) is 20.4 Å². The fraction of sp³-hybridized carbons (Fsp3) is 0.308. The Morgan fingerprint density at radius 3 is 2.10 bits per heavy atom. The minimum absolute atomic E-state index is 0.0785. The number of nitrogens with one attached hydrogen (secondary N) is 2. The molecule has 0 spiro atoms. The summed E-state index contributed by atoms with van der Waals surface area (Å²) in [7, 11) is 2.80. The molecule has 0 bridgehead atoms. The van der Waals surface area contributed by atoms with Crippen molar-refractivity contribution in [3.8, 4) is 11.5 Å². The largest absolute Gasteiger partial charge is 0.496 e. The van der Waals surface area contributed by atoms with Crippen LogP contribution in [0.15, 0.2) is 18.2 Å². The molecule has 0 atom stereocenters. The number of esters is 1. The number of methoxy groups -OCH3 is 2. The van der Waals surface area contributed by atoms with Gasteiger partial charge in [-0.25, -0.2) is 4.79 Å². The number of benzene rings is 1. The number of carbonyl (C=O) groups is 3. The van der Waals surface area contributed by atoms with Crippen LogP contribution in [-0.2, 0) is 14.3 Å².